The van der Waals surface area contributed by atoms with Crippen molar-refractivity contribution < 1.29 is 23.8 Å². The zero-order valence-corrected chi connectivity index (χ0v) is 12.4. The van der Waals surface area contributed by atoms with Crippen molar-refractivity contribution in [2.45, 2.75) is 20.1 Å². The number of hydrogen-bond donors (Lipinski definition) is 0. The largest absolute Gasteiger partial charge is 0.497 e. The molecule has 0 aromatic heterocycles. The number of methoxy groups -OCH3 is 1. The highest BCUT2D eigenvalue weighted by Gasteiger charge is 2.37. The SMILES string of the molecule is CCOC(CN1C(=O)C(=O)c2cc(OC)ccc21)OCC. The molecule has 1 aromatic rings. The monoisotopic (exact) mass is 293 g/mol. The first kappa shape index (κ1) is 15.5. The first-order valence-corrected chi connectivity index (χ1v) is 6.89. The van der Waals surface area contributed by atoms with Gasteiger partial charge in [-0.05, 0) is 32.0 Å². The Morgan fingerprint density at radius 2 is 1.81 bits per heavy atom. The van der Waals surface area contributed by atoms with Crippen molar-refractivity contribution in [3.8, 4) is 5.75 Å². The number of anilines is 1. The lowest BCUT2D eigenvalue weighted by Crippen LogP contribution is -2.39. The Morgan fingerprint density at radius 3 is 2.38 bits per heavy atom. The molecule has 0 radical (unpaired) electrons. The summed E-state index contributed by atoms with van der Waals surface area (Å²) in [4.78, 5) is 25.6. The number of fused-ring (bicyclic) bond motifs is 1. The van der Waals surface area contributed by atoms with Crippen LogP contribution in [0, 0.1) is 0 Å². The fourth-order valence-corrected chi connectivity index (χ4v) is 2.26. The Labute approximate surface area is 123 Å². The Kier molecular flexibility index (Phi) is 4.93. The van der Waals surface area contributed by atoms with Crippen LogP contribution in [0.5, 0.6) is 5.75 Å². The van der Waals surface area contributed by atoms with Gasteiger partial charge in [0.1, 0.15) is 5.75 Å². The maximum atomic E-state index is 12.1. The number of nitrogens with zero attached hydrogens (tertiary/aromatic N) is 1. The molecule has 0 aliphatic carbocycles. The van der Waals surface area contributed by atoms with E-state index < -0.39 is 18.0 Å². The maximum absolute atomic E-state index is 12.1. The van der Waals surface area contributed by atoms with Crippen molar-refractivity contribution >= 4 is 17.4 Å². The number of benzene rings is 1. The summed E-state index contributed by atoms with van der Waals surface area (Å²) in [5.41, 5.74) is 0.918. The molecular weight excluding hydrogens is 274 g/mol. The summed E-state index contributed by atoms with van der Waals surface area (Å²) in [6, 6.07) is 4.99. The minimum atomic E-state index is -0.567. The summed E-state index contributed by atoms with van der Waals surface area (Å²) in [6.45, 7) is 4.82. The van der Waals surface area contributed by atoms with Gasteiger partial charge in [-0.1, -0.05) is 0 Å². The molecule has 0 saturated heterocycles. The number of ether oxygens (including phenoxy) is 3. The number of carbonyl (C=O) groups is 2. The molecule has 1 amide bonds. The molecule has 21 heavy (non-hydrogen) atoms. The van der Waals surface area contributed by atoms with Crippen LogP contribution in [0.3, 0.4) is 0 Å². The van der Waals surface area contributed by atoms with Gasteiger partial charge in [0.15, 0.2) is 6.29 Å². The molecule has 1 aliphatic heterocycles. The molecule has 1 aromatic carbocycles. The van der Waals surface area contributed by atoms with Crippen LogP contribution < -0.4 is 9.64 Å². The van der Waals surface area contributed by atoms with Crippen LogP contribution in [0.15, 0.2) is 18.2 Å². The summed E-state index contributed by atoms with van der Waals surface area (Å²) in [5, 5.41) is 0. The number of Topliss-reactive ketones (excluding diaryl/α,β-unsaturated/α-hetero) is 1. The molecule has 6 heteroatoms. The highest BCUT2D eigenvalue weighted by molar-refractivity contribution is 6.52. The molecule has 114 valence electrons. The topological polar surface area (TPSA) is 65.1 Å². The van der Waals surface area contributed by atoms with Crippen molar-refractivity contribution in [2.24, 2.45) is 0 Å². The van der Waals surface area contributed by atoms with E-state index in [0.717, 1.165) is 0 Å². The summed E-state index contributed by atoms with van der Waals surface area (Å²) < 4.78 is 16.0. The molecular formula is C15H19NO5. The molecule has 0 atom stereocenters. The van der Waals surface area contributed by atoms with Crippen LogP contribution in [0.4, 0.5) is 5.69 Å². The van der Waals surface area contributed by atoms with E-state index in [1.165, 1.54) is 12.0 Å². The Bertz CT molecular complexity index is 537. The van der Waals surface area contributed by atoms with Gasteiger partial charge in [-0.2, -0.15) is 0 Å². The predicted octanol–water partition coefficient (Wildman–Crippen LogP) is 1.62. The van der Waals surface area contributed by atoms with Gasteiger partial charge in [0.25, 0.3) is 11.7 Å². The molecule has 1 aliphatic rings. The molecule has 0 N–H and O–H groups in total. The van der Waals surface area contributed by atoms with Crippen LogP contribution in [0.1, 0.15) is 24.2 Å². The molecule has 2 rings (SSSR count). The first-order valence-electron chi connectivity index (χ1n) is 6.89. The van der Waals surface area contributed by atoms with E-state index >= 15 is 0 Å². The van der Waals surface area contributed by atoms with Crippen LogP contribution in [-0.4, -0.2) is 44.8 Å². The Balaban J connectivity index is 2.25. The van der Waals surface area contributed by atoms with Gasteiger partial charge in [-0.3, -0.25) is 14.5 Å². The fourth-order valence-electron chi connectivity index (χ4n) is 2.26. The van der Waals surface area contributed by atoms with Crippen LogP contribution in [-0.2, 0) is 14.3 Å². The van der Waals surface area contributed by atoms with E-state index in [0.29, 0.717) is 30.2 Å². The second kappa shape index (κ2) is 6.69. The molecule has 0 unspecified atom stereocenters. The minimum Gasteiger partial charge on any atom is -0.497 e. The maximum Gasteiger partial charge on any atom is 0.299 e. The standard InChI is InChI=1S/C15H19NO5/c1-4-20-13(21-5-2)9-16-12-7-6-10(19-3)8-11(12)14(17)15(16)18/h6-8,13H,4-5,9H2,1-3H3. The molecule has 6 nitrogen and oxygen atoms in total. The summed E-state index contributed by atoms with van der Waals surface area (Å²) in [6.07, 6.45) is -0.551. The number of carbonyl (C=O) groups excluding carboxylic acids is 2. The first-order chi connectivity index (χ1) is 10.1. The van der Waals surface area contributed by atoms with Crippen molar-refractivity contribution in [2.75, 3.05) is 31.8 Å². The average molecular weight is 293 g/mol. The van der Waals surface area contributed by atoms with Crippen LogP contribution >= 0.6 is 0 Å². The van der Waals surface area contributed by atoms with Crippen molar-refractivity contribution in [1.29, 1.82) is 0 Å². The average Bonchev–Trinajstić information content (AvgIpc) is 2.72. The lowest BCUT2D eigenvalue weighted by Gasteiger charge is -2.23. The van der Waals surface area contributed by atoms with Gasteiger partial charge in [-0.15, -0.1) is 0 Å². The second-order valence-electron chi connectivity index (χ2n) is 4.47. The predicted molar refractivity (Wildman–Crippen MR) is 76.7 cm³/mol. The third-order valence-corrected chi connectivity index (χ3v) is 3.22. The summed E-state index contributed by atoms with van der Waals surface area (Å²) in [7, 11) is 1.51. The van der Waals surface area contributed by atoms with E-state index in [1.807, 2.05) is 13.8 Å². The lowest BCUT2D eigenvalue weighted by atomic mass is 10.1. The van der Waals surface area contributed by atoms with Crippen molar-refractivity contribution in [1.82, 2.24) is 0 Å². The Hall–Kier alpha value is -1.92. The van der Waals surface area contributed by atoms with Gasteiger partial charge in [0.05, 0.1) is 24.9 Å². The van der Waals surface area contributed by atoms with Crippen LogP contribution in [0.2, 0.25) is 0 Å². The van der Waals surface area contributed by atoms with Crippen LogP contribution in [0.25, 0.3) is 0 Å². The molecule has 0 saturated carbocycles. The number of hydrogen-bond acceptors (Lipinski definition) is 5. The van der Waals surface area contributed by atoms with E-state index in [4.69, 9.17) is 14.2 Å². The Morgan fingerprint density at radius 1 is 1.14 bits per heavy atom. The van der Waals surface area contributed by atoms with E-state index in [2.05, 4.69) is 0 Å². The van der Waals surface area contributed by atoms with E-state index in [1.54, 1.807) is 18.2 Å². The zero-order valence-electron chi connectivity index (χ0n) is 12.4. The summed E-state index contributed by atoms with van der Waals surface area (Å²) in [5.74, 6) is -0.554. The molecule has 0 fully saturated rings. The number of ketones is 1. The van der Waals surface area contributed by atoms with Gasteiger partial charge in [-0.25, -0.2) is 0 Å². The quantitative estimate of drug-likeness (QED) is 0.564. The third-order valence-electron chi connectivity index (χ3n) is 3.22. The number of amides is 1. The minimum absolute atomic E-state index is 0.186. The normalized spacial score (nSPS) is 14.0. The van der Waals surface area contributed by atoms with Gasteiger partial charge >= 0.3 is 0 Å². The number of rotatable bonds is 7. The third kappa shape index (κ3) is 3.06. The fraction of sp³-hybridized carbons (Fsp3) is 0.467. The van der Waals surface area contributed by atoms with Crippen molar-refractivity contribution in [3.63, 3.8) is 0 Å². The smallest absolute Gasteiger partial charge is 0.299 e. The highest BCUT2D eigenvalue weighted by Crippen LogP contribution is 2.32. The van der Waals surface area contributed by atoms with E-state index in [9.17, 15) is 9.59 Å². The highest BCUT2D eigenvalue weighted by atomic mass is 16.7. The molecule has 1 heterocycles. The molecule has 0 bridgehead atoms. The molecule has 0 spiro atoms. The lowest BCUT2D eigenvalue weighted by molar-refractivity contribution is -0.134. The van der Waals surface area contributed by atoms with Gasteiger partial charge in [0.2, 0.25) is 0 Å². The van der Waals surface area contributed by atoms with Crippen molar-refractivity contribution in [3.05, 3.63) is 23.8 Å². The van der Waals surface area contributed by atoms with Gasteiger partial charge < -0.3 is 14.2 Å². The second-order valence-corrected chi connectivity index (χ2v) is 4.47. The zero-order chi connectivity index (χ0) is 15.4. The van der Waals surface area contributed by atoms with Gasteiger partial charge in [0, 0.05) is 13.2 Å². The summed E-state index contributed by atoms with van der Waals surface area (Å²) >= 11 is 0. The van der Waals surface area contributed by atoms with E-state index in [-0.39, 0.29) is 6.54 Å².